The van der Waals surface area contributed by atoms with Gasteiger partial charge in [-0.25, -0.2) is 14.5 Å². The Hall–Kier alpha value is -2.21. The summed E-state index contributed by atoms with van der Waals surface area (Å²) in [4.78, 5) is 18.1. The molecule has 0 aromatic carbocycles. The number of carbonyl (C=O) groups excluding carboxylic acids is 1. The topological polar surface area (TPSA) is 57.0 Å². The molecule has 3 heterocycles. The maximum absolute atomic E-state index is 12.4. The van der Waals surface area contributed by atoms with E-state index < -0.39 is 0 Å². The van der Waals surface area contributed by atoms with E-state index in [1.54, 1.807) is 28.3 Å². The molecule has 0 saturated carbocycles. The molecule has 0 unspecified atom stereocenters. The molecule has 22 heavy (non-hydrogen) atoms. The molecule has 3 aromatic rings. The summed E-state index contributed by atoms with van der Waals surface area (Å²) < 4.78 is 7.15. The number of hydrogen-bond acceptors (Lipinski definition) is 5. The number of nitrogens with zero attached hydrogens (tertiary/aromatic N) is 3. The molecule has 5 nitrogen and oxygen atoms in total. The van der Waals surface area contributed by atoms with Gasteiger partial charge in [0, 0.05) is 6.54 Å². The van der Waals surface area contributed by atoms with Gasteiger partial charge in [-0.15, -0.1) is 11.3 Å². The quantitative estimate of drug-likeness (QED) is 0.688. The summed E-state index contributed by atoms with van der Waals surface area (Å²) in [6.45, 7) is 6.37. The Kier molecular flexibility index (Phi) is 3.94. The predicted octanol–water partition coefficient (Wildman–Crippen LogP) is 3.74. The summed E-state index contributed by atoms with van der Waals surface area (Å²) in [6, 6.07) is 5.75. The number of ether oxygens (including phenoxy) is 1. The highest BCUT2D eigenvalue weighted by molar-refractivity contribution is 7.13. The molecule has 0 radical (unpaired) electrons. The van der Waals surface area contributed by atoms with Crippen LogP contribution in [0.1, 0.15) is 31.1 Å². The summed E-state index contributed by atoms with van der Waals surface area (Å²) in [6.07, 6.45) is 1.52. The fraction of sp³-hybridized carbons (Fsp3) is 0.312. The third-order valence-electron chi connectivity index (χ3n) is 3.25. The van der Waals surface area contributed by atoms with E-state index in [-0.39, 0.29) is 12.1 Å². The van der Waals surface area contributed by atoms with Crippen molar-refractivity contribution >= 4 is 28.3 Å². The minimum Gasteiger partial charge on any atom is -0.459 e. The van der Waals surface area contributed by atoms with Crippen molar-refractivity contribution in [2.75, 3.05) is 0 Å². The van der Waals surface area contributed by atoms with Crippen LogP contribution in [-0.2, 0) is 11.3 Å². The van der Waals surface area contributed by atoms with Crippen molar-refractivity contribution in [2.45, 2.75) is 33.4 Å². The second-order valence-electron chi connectivity index (χ2n) is 5.18. The molecule has 114 valence electrons. The van der Waals surface area contributed by atoms with Crippen LogP contribution in [0.25, 0.3) is 21.6 Å². The normalized spacial score (nSPS) is 11.3. The highest BCUT2D eigenvalue weighted by Crippen LogP contribution is 2.28. The lowest BCUT2D eigenvalue weighted by Crippen LogP contribution is -2.12. The maximum atomic E-state index is 12.4. The summed E-state index contributed by atoms with van der Waals surface area (Å²) in [5.74, 6) is -0.337. The number of esters is 1. The molecule has 0 aliphatic carbocycles. The summed E-state index contributed by atoms with van der Waals surface area (Å²) in [5, 5.41) is 7.03. The van der Waals surface area contributed by atoms with Crippen molar-refractivity contribution in [3.8, 4) is 10.6 Å². The van der Waals surface area contributed by atoms with Crippen LogP contribution in [0.15, 0.2) is 29.8 Å². The molecule has 0 bridgehead atoms. The zero-order chi connectivity index (χ0) is 15.7. The largest absolute Gasteiger partial charge is 0.459 e. The molecule has 0 fully saturated rings. The van der Waals surface area contributed by atoms with Gasteiger partial charge in [-0.3, -0.25) is 0 Å². The van der Waals surface area contributed by atoms with Crippen molar-refractivity contribution in [1.29, 1.82) is 0 Å². The van der Waals surface area contributed by atoms with Gasteiger partial charge in [-0.05, 0) is 38.3 Å². The molecule has 0 atom stereocenters. The number of fused-ring (bicyclic) bond motifs is 1. The Bertz CT molecular complexity index is 806. The number of aromatic nitrogens is 3. The van der Waals surface area contributed by atoms with E-state index in [0.29, 0.717) is 17.8 Å². The van der Waals surface area contributed by atoms with E-state index in [9.17, 15) is 4.79 Å². The van der Waals surface area contributed by atoms with Crippen LogP contribution in [0.4, 0.5) is 0 Å². The smallest absolute Gasteiger partial charge is 0.339 e. The van der Waals surface area contributed by atoms with Crippen LogP contribution in [-0.4, -0.2) is 26.8 Å². The van der Waals surface area contributed by atoms with E-state index >= 15 is 0 Å². The molecule has 0 aliphatic rings. The van der Waals surface area contributed by atoms with Gasteiger partial charge in [-0.2, -0.15) is 5.10 Å². The lowest BCUT2D eigenvalue weighted by Gasteiger charge is -2.10. The second kappa shape index (κ2) is 5.88. The summed E-state index contributed by atoms with van der Waals surface area (Å²) in [5.41, 5.74) is 2.00. The van der Waals surface area contributed by atoms with E-state index in [0.717, 1.165) is 16.0 Å². The van der Waals surface area contributed by atoms with Gasteiger partial charge >= 0.3 is 5.97 Å². The van der Waals surface area contributed by atoms with Gasteiger partial charge in [-0.1, -0.05) is 6.07 Å². The first-order chi connectivity index (χ1) is 10.6. The zero-order valence-electron chi connectivity index (χ0n) is 12.7. The first-order valence-corrected chi connectivity index (χ1v) is 8.09. The number of aryl methyl sites for hydroxylation is 1. The Morgan fingerprint density at radius 1 is 1.45 bits per heavy atom. The maximum Gasteiger partial charge on any atom is 0.339 e. The van der Waals surface area contributed by atoms with E-state index in [1.807, 2.05) is 38.3 Å². The molecule has 0 spiro atoms. The molecule has 0 N–H and O–H groups in total. The third kappa shape index (κ3) is 2.62. The van der Waals surface area contributed by atoms with Gasteiger partial charge in [0.05, 0.1) is 33.8 Å². The van der Waals surface area contributed by atoms with Crippen LogP contribution < -0.4 is 0 Å². The van der Waals surface area contributed by atoms with Crippen molar-refractivity contribution in [1.82, 2.24) is 14.8 Å². The van der Waals surface area contributed by atoms with E-state index in [1.165, 1.54) is 0 Å². The second-order valence-corrected chi connectivity index (χ2v) is 6.13. The SMILES string of the molecule is CCn1ncc2c(C(=O)OC(C)C)cc(-c3cccs3)nc21. The van der Waals surface area contributed by atoms with Crippen molar-refractivity contribution in [2.24, 2.45) is 0 Å². The van der Waals surface area contributed by atoms with Crippen molar-refractivity contribution in [3.63, 3.8) is 0 Å². The first-order valence-electron chi connectivity index (χ1n) is 7.21. The standard InChI is InChI=1S/C16H17N3O2S/c1-4-19-15-12(9-17-19)11(16(20)21-10(2)3)8-13(18-15)14-6-5-7-22-14/h5-10H,4H2,1-3H3. The molecule has 6 heteroatoms. The van der Waals surface area contributed by atoms with E-state index in [2.05, 4.69) is 10.1 Å². The highest BCUT2D eigenvalue weighted by atomic mass is 32.1. The molecular formula is C16H17N3O2S. The lowest BCUT2D eigenvalue weighted by molar-refractivity contribution is 0.0380. The fourth-order valence-corrected chi connectivity index (χ4v) is 2.96. The molecule has 3 aromatic heterocycles. The Morgan fingerprint density at radius 2 is 2.27 bits per heavy atom. The molecule has 0 aliphatic heterocycles. The Balaban J connectivity index is 2.20. The van der Waals surface area contributed by atoms with Gasteiger partial charge in [0.1, 0.15) is 0 Å². The molecule has 0 saturated heterocycles. The summed E-state index contributed by atoms with van der Waals surface area (Å²) in [7, 11) is 0. The number of hydrogen-bond donors (Lipinski definition) is 0. The predicted molar refractivity (Wildman–Crippen MR) is 87.1 cm³/mol. The van der Waals surface area contributed by atoms with Gasteiger partial charge in [0.25, 0.3) is 0 Å². The number of carbonyl (C=O) groups is 1. The van der Waals surface area contributed by atoms with Crippen LogP contribution >= 0.6 is 11.3 Å². The first kappa shape index (κ1) is 14.7. The van der Waals surface area contributed by atoms with Crippen molar-refractivity contribution < 1.29 is 9.53 Å². The third-order valence-corrected chi connectivity index (χ3v) is 4.14. The number of rotatable bonds is 4. The van der Waals surface area contributed by atoms with Crippen LogP contribution in [0, 0.1) is 0 Å². The number of pyridine rings is 1. The molecule has 0 amide bonds. The Labute approximate surface area is 132 Å². The average Bonchev–Trinajstić information content (AvgIpc) is 3.14. The molecule has 3 rings (SSSR count). The van der Waals surface area contributed by atoms with Crippen LogP contribution in [0.3, 0.4) is 0 Å². The summed E-state index contributed by atoms with van der Waals surface area (Å²) >= 11 is 1.59. The Morgan fingerprint density at radius 3 is 2.91 bits per heavy atom. The highest BCUT2D eigenvalue weighted by Gasteiger charge is 2.19. The number of thiophene rings is 1. The van der Waals surface area contributed by atoms with Crippen LogP contribution in [0.5, 0.6) is 0 Å². The van der Waals surface area contributed by atoms with Gasteiger partial charge in [0.15, 0.2) is 5.65 Å². The van der Waals surface area contributed by atoms with Gasteiger partial charge < -0.3 is 4.74 Å². The van der Waals surface area contributed by atoms with Crippen molar-refractivity contribution in [3.05, 3.63) is 35.3 Å². The van der Waals surface area contributed by atoms with Crippen LogP contribution in [0.2, 0.25) is 0 Å². The fourth-order valence-electron chi connectivity index (χ4n) is 2.28. The van der Waals surface area contributed by atoms with E-state index in [4.69, 9.17) is 4.74 Å². The minimum atomic E-state index is -0.337. The van der Waals surface area contributed by atoms with Gasteiger partial charge in [0.2, 0.25) is 0 Å². The zero-order valence-corrected chi connectivity index (χ0v) is 13.6. The molecular weight excluding hydrogens is 298 g/mol. The average molecular weight is 315 g/mol. The minimum absolute atomic E-state index is 0.165. The lowest BCUT2D eigenvalue weighted by atomic mass is 10.1. The monoisotopic (exact) mass is 315 g/mol.